The molecule has 0 aliphatic carbocycles. The van der Waals surface area contributed by atoms with E-state index in [2.05, 4.69) is 25.9 Å². The highest BCUT2D eigenvalue weighted by Crippen LogP contribution is 2.20. The molecule has 1 aromatic rings. The van der Waals surface area contributed by atoms with Crippen LogP contribution < -0.4 is 4.74 Å². The summed E-state index contributed by atoms with van der Waals surface area (Å²) in [6.07, 6.45) is 0. The fraction of sp³-hybridized carbons (Fsp3) is 0.273. The van der Waals surface area contributed by atoms with Crippen molar-refractivity contribution in [3.05, 3.63) is 29.8 Å². The highest BCUT2D eigenvalue weighted by molar-refractivity contribution is 9.08. The van der Waals surface area contributed by atoms with Crippen molar-refractivity contribution in [3.63, 3.8) is 0 Å². The lowest BCUT2D eigenvalue weighted by Gasteiger charge is -2.07. The summed E-state index contributed by atoms with van der Waals surface area (Å²) in [4.78, 5) is 16.0. The molecule has 0 radical (unpaired) electrons. The number of esters is 1. The molecule has 16 heavy (non-hydrogen) atoms. The maximum absolute atomic E-state index is 11.5. The quantitative estimate of drug-likeness (QED) is 0.281. The summed E-state index contributed by atoms with van der Waals surface area (Å²) in [6.45, 7) is 1.53. The Morgan fingerprint density at radius 3 is 2.75 bits per heavy atom. The molecule has 0 heterocycles. The largest absolute Gasteiger partial charge is 0.422 e. The minimum Gasteiger partial charge on any atom is -0.422 e. The van der Waals surface area contributed by atoms with Crippen molar-refractivity contribution in [1.82, 2.24) is 0 Å². The summed E-state index contributed by atoms with van der Waals surface area (Å²) in [5.74, 6) is 0.00489. The summed E-state index contributed by atoms with van der Waals surface area (Å²) < 4.78 is 5.17. The van der Waals surface area contributed by atoms with Crippen molar-refractivity contribution in [1.29, 1.82) is 0 Å². The van der Waals surface area contributed by atoms with Gasteiger partial charge in [-0.25, -0.2) is 4.79 Å². The second-order valence-electron chi connectivity index (χ2n) is 2.99. The Kier molecular flexibility index (Phi) is 4.98. The van der Waals surface area contributed by atoms with E-state index in [4.69, 9.17) is 4.74 Å². The lowest BCUT2D eigenvalue weighted by molar-refractivity contribution is -0.127. The minimum atomic E-state index is -0.518. The highest BCUT2D eigenvalue weighted by Gasteiger charge is 2.11. The first-order valence-corrected chi connectivity index (χ1v) is 5.75. The van der Waals surface area contributed by atoms with Gasteiger partial charge < -0.3 is 9.57 Å². The topological polar surface area (TPSA) is 47.9 Å². The minimum absolute atomic E-state index is 0.173. The number of hydrogen-bond donors (Lipinski definition) is 0. The number of ether oxygens (including phenoxy) is 1. The number of benzene rings is 1. The molecule has 0 bridgehead atoms. The van der Waals surface area contributed by atoms with Gasteiger partial charge in [0, 0.05) is 10.9 Å². The van der Waals surface area contributed by atoms with Gasteiger partial charge in [-0.3, -0.25) is 0 Å². The van der Waals surface area contributed by atoms with Crippen LogP contribution in [0.1, 0.15) is 12.5 Å². The van der Waals surface area contributed by atoms with Gasteiger partial charge in [0.25, 0.3) is 0 Å². The van der Waals surface area contributed by atoms with Gasteiger partial charge in [-0.05, 0) is 13.0 Å². The Labute approximate surface area is 102 Å². The summed E-state index contributed by atoms with van der Waals surface area (Å²) in [7, 11) is 1.38. The molecule has 0 atom stereocenters. The molecule has 0 N–H and O–H groups in total. The molecule has 0 spiro atoms. The summed E-state index contributed by atoms with van der Waals surface area (Å²) >= 11 is 3.32. The number of carbonyl (C=O) groups excluding carboxylic acids is 1. The third-order valence-corrected chi connectivity index (χ3v) is 2.45. The highest BCUT2D eigenvalue weighted by atomic mass is 79.9. The van der Waals surface area contributed by atoms with Crippen LogP contribution in [0.3, 0.4) is 0 Å². The first-order valence-electron chi connectivity index (χ1n) is 4.62. The molecule has 1 aromatic carbocycles. The zero-order chi connectivity index (χ0) is 12.0. The predicted octanol–water partition coefficient (Wildman–Crippen LogP) is 2.51. The van der Waals surface area contributed by atoms with Crippen molar-refractivity contribution >= 4 is 27.6 Å². The van der Waals surface area contributed by atoms with E-state index in [0.29, 0.717) is 11.1 Å². The third-order valence-electron chi connectivity index (χ3n) is 1.84. The molecule has 0 aromatic heterocycles. The SMILES string of the molecule is CON=C(C)C(=O)Oc1ccccc1CBr. The van der Waals surface area contributed by atoms with E-state index in [1.165, 1.54) is 14.0 Å². The Morgan fingerprint density at radius 2 is 2.12 bits per heavy atom. The molecular formula is C11H12BrNO3. The molecule has 86 valence electrons. The van der Waals surface area contributed by atoms with Crippen molar-refractivity contribution < 1.29 is 14.4 Å². The van der Waals surface area contributed by atoms with Crippen molar-refractivity contribution in [2.75, 3.05) is 7.11 Å². The van der Waals surface area contributed by atoms with Gasteiger partial charge in [-0.1, -0.05) is 39.3 Å². The summed E-state index contributed by atoms with van der Waals surface area (Å²) in [5, 5.41) is 4.13. The fourth-order valence-electron chi connectivity index (χ4n) is 1.06. The Balaban J connectivity index is 2.80. The van der Waals surface area contributed by atoms with Gasteiger partial charge in [0.05, 0.1) is 0 Å². The average molecular weight is 286 g/mol. The fourth-order valence-corrected chi connectivity index (χ4v) is 1.52. The molecule has 0 unspecified atom stereocenters. The monoisotopic (exact) mass is 285 g/mol. The Bertz CT molecular complexity index is 404. The summed E-state index contributed by atoms with van der Waals surface area (Å²) in [6, 6.07) is 7.29. The zero-order valence-electron chi connectivity index (χ0n) is 9.07. The predicted molar refractivity (Wildman–Crippen MR) is 64.8 cm³/mol. The lowest BCUT2D eigenvalue weighted by atomic mass is 10.2. The van der Waals surface area contributed by atoms with E-state index in [1.54, 1.807) is 12.1 Å². The Hall–Kier alpha value is -1.36. The molecule has 0 saturated heterocycles. The van der Waals surface area contributed by atoms with Gasteiger partial charge in [-0.2, -0.15) is 0 Å². The van der Waals surface area contributed by atoms with Crippen LogP contribution in [0, 0.1) is 0 Å². The van der Waals surface area contributed by atoms with Crippen LogP contribution in [-0.4, -0.2) is 18.8 Å². The maximum Gasteiger partial charge on any atom is 0.361 e. The second-order valence-corrected chi connectivity index (χ2v) is 3.55. The number of para-hydroxylation sites is 1. The van der Waals surface area contributed by atoms with Gasteiger partial charge in [0.2, 0.25) is 0 Å². The number of halogens is 1. The number of rotatable bonds is 4. The normalized spacial score (nSPS) is 11.1. The maximum atomic E-state index is 11.5. The van der Waals surface area contributed by atoms with Crippen molar-refractivity contribution in [2.45, 2.75) is 12.3 Å². The first kappa shape index (κ1) is 12.7. The van der Waals surface area contributed by atoms with E-state index < -0.39 is 5.97 Å². The van der Waals surface area contributed by atoms with Crippen LogP contribution >= 0.6 is 15.9 Å². The number of alkyl halides is 1. The molecule has 5 heteroatoms. The molecule has 0 aliphatic heterocycles. The van der Waals surface area contributed by atoms with Crippen LogP contribution in [-0.2, 0) is 15.0 Å². The third kappa shape index (κ3) is 3.34. The molecule has 0 saturated carbocycles. The molecule has 0 amide bonds. The lowest BCUT2D eigenvalue weighted by Crippen LogP contribution is -2.18. The number of carbonyl (C=O) groups is 1. The molecule has 0 aliphatic rings. The van der Waals surface area contributed by atoms with Crippen LogP contribution in [0.15, 0.2) is 29.4 Å². The van der Waals surface area contributed by atoms with Crippen LogP contribution in [0.25, 0.3) is 0 Å². The van der Waals surface area contributed by atoms with E-state index in [9.17, 15) is 4.79 Å². The second kappa shape index (κ2) is 6.27. The summed E-state index contributed by atoms with van der Waals surface area (Å²) in [5.41, 5.74) is 1.08. The van der Waals surface area contributed by atoms with Crippen molar-refractivity contribution in [3.8, 4) is 5.75 Å². The molecular weight excluding hydrogens is 274 g/mol. The Morgan fingerprint density at radius 1 is 1.44 bits per heavy atom. The average Bonchev–Trinajstić information content (AvgIpc) is 2.30. The van der Waals surface area contributed by atoms with Crippen LogP contribution in [0.5, 0.6) is 5.75 Å². The van der Waals surface area contributed by atoms with Gasteiger partial charge in [-0.15, -0.1) is 0 Å². The van der Waals surface area contributed by atoms with Crippen molar-refractivity contribution in [2.24, 2.45) is 5.16 Å². The molecule has 0 fully saturated rings. The smallest absolute Gasteiger partial charge is 0.361 e. The van der Waals surface area contributed by atoms with E-state index in [1.807, 2.05) is 12.1 Å². The molecule has 1 rings (SSSR count). The number of hydrogen-bond acceptors (Lipinski definition) is 4. The number of nitrogens with zero attached hydrogens (tertiary/aromatic N) is 1. The van der Waals surface area contributed by atoms with E-state index in [-0.39, 0.29) is 5.71 Å². The van der Waals surface area contributed by atoms with E-state index >= 15 is 0 Å². The first-order chi connectivity index (χ1) is 7.69. The standard InChI is InChI=1S/C11H12BrNO3/c1-8(13-15-2)11(14)16-10-6-4-3-5-9(10)7-12/h3-6H,7H2,1-2H3. The van der Waals surface area contributed by atoms with Crippen LogP contribution in [0.4, 0.5) is 0 Å². The zero-order valence-corrected chi connectivity index (χ0v) is 10.7. The number of oxime groups is 1. The van der Waals surface area contributed by atoms with E-state index in [0.717, 1.165) is 5.56 Å². The van der Waals surface area contributed by atoms with Gasteiger partial charge >= 0.3 is 5.97 Å². The van der Waals surface area contributed by atoms with Gasteiger partial charge in [0.15, 0.2) is 5.71 Å². The van der Waals surface area contributed by atoms with Gasteiger partial charge in [0.1, 0.15) is 12.9 Å². The molecule has 4 nitrogen and oxygen atoms in total. The van der Waals surface area contributed by atoms with Crippen LogP contribution in [0.2, 0.25) is 0 Å².